The van der Waals surface area contributed by atoms with Crippen molar-refractivity contribution < 1.29 is 19.0 Å². The average Bonchev–Trinajstić information content (AvgIpc) is 2.53. The van der Waals surface area contributed by atoms with Crippen LogP contribution in [0, 0.1) is 0 Å². The van der Waals surface area contributed by atoms with Crippen molar-refractivity contribution in [2.24, 2.45) is 0 Å². The zero-order chi connectivity index (χ0) is 16.1. The lowest BCUT2D eigenvalue weighted by Crippen LogP contribution is -2.07. The number of ether oxygens (including phenoxy) is 3. The molecule has 0 saturated heterocycles. The van der Waals surface area contributed by atoms with Gasteiger partial charge in [-0.3, -0.25) is 0 Å². The Balaban J connectivity index is 2.17. The Morgan fingerprint density at radius 3 is 2.45 bits per heavy atom. The van der Waals surface area contributed by atoms with Crippen LogP contribution < -0.4 is 9.47 Å². The second-order valence-electron chi connectivity index (χ2n) is 4.35. The van der Waals surface area contributed by atoms with Crippen molar-refractivity contribution in [3.63, 3.8) is 0 Å². The molecule has 0 spiro atoms. The van der Waals surface area contributed by atoms with Gasteiger partial charge >= 0.3 is 5.97 Å². The van der Waals surface area contributed by atoms with E-state index in [1.165, 1.54) is 0 Å². The highest BCUT2D eigenvalue weighted by Crippen LogP contribution is 2.33. The van der Waals surface area contributed by atoms with E-state index in [9.17, 15) is 4.79 Å². The molecule has 0 unspecified atom stereocenters. The van der Waals surface area contributed by atoms with Gasteiger partial charge in [0.05, 0.1) is 29.3 Å². The molecule has 116 valence electrons. The van der Waals surface area contributed by atoms with E-state index < -0.39 is 5.97 Å². The molecule has 0 saturated carbocycles. The first kappa shape index (κ1) is 16.6. The van der Waals surface area contributed by atoms with E-state index in [2.05, 4.69) is 15.9 Å². The number of methoxy groups -OCH3 is 2. The number of rotatable bonds is 5. The van der Waals surface area contributed by atoms with Crippen molar-refractivity contribution >= 4 is 33.5 Å². The second-order valence-corrected chi connectivity index (χ2v) is 5.62. The van der Waals surface area contributed by atoms with Gasteiger partial charge in [0.25, 0.3) is 0 Å². The Hall–Kier alpha value is -1.72. The summed E-state index contributed by atoms with van der Waals surface area (Å²) >= 11 is 9.35. The van der Waals surface area contributed by atoms with Crippen LogP contribution in [0.25, 0.3) is 0 Å². The van der Waals surface area contributed by atoms with Crippen molar-refractivity contribution in [3.05, 3.63) is 57.0 Å². The van der Waals surface area contributed by atoms with E-state index in [1.807, 2.05) is 0 Å². The average molecular weight is 386 g/mol. The molecule has 22 heavy (non-hydrogen) atoms. The molecule has 0 bridgehead atoms. The van der Waals surface area contributed by atoms with Crippen LogP contribution in [0.3, 0.4) is 0 Å². The van der Waals surface area contributed by atoms with Gasteiger partial charge in [-0.2, -0.15) is 0 Å². The number of carbonyl (C=O) groups excluding carboxylic acids is 1. The van der Waals surface area contributed by atoms with Crippen molar-refractivity contribution in [1.82, 2.24) is 0 Å². The molecule has 0 atom stereocenters. The zero-order valence-electron chi connectivity index (χ0n) is 12.1. The predicted octanol–water partition coefficient (Wildman–Crippen LogP) is 4.48. The Kier molecular flexibility index (Phi) is 5.69. The summed E-state index contributed by atoms with van der Waals surface area (Å²) in [5, 5.41) is 0.354. The molecule has 0 aliphatic heterocycles. The normalized spacial score (nSPS) is 10.2. The lowest BCUT2D eigenvalue weighted by Gasteiger charge is -2.13. The lowest BCUT2D eigenvalue weighted by molar-refractivity contribution is 0.0470. The van der Waals surface area contributed by atoms with E-state index in [0.717, 1.165) is 4.47 Å². The quantitative estimate of drug-likeness (QED) is 0.712. The van der Waals surface area contributed by atoms with Crippen LogP contribution in [-0.4, -0.2) is 20.2 Å². The first-order valence-electron chi connectivity index (χ1n) is 6.39. The number of carbonyl (C=O) groups is 1. The van der Waals surface area contributed by atoms with Gasteiger partial charge < -0.3 is 14.2 Å². The molecule has 0 aliphatic carbocycles. The fourth-order valence-corrected chi connectivity index (χ4v) is 2.58. The van der Waals surface area contributed by atoms with E-state index in [4.69, 9.17) is 25.8 Å². The summed E-state index contributed by atoms with van der Waals surface area (Å²) in [6.07, 6.45) is 0. The fraction of sp³-hybridized carbons (Fsp3) is 0.188. The Morgan fingerprint density at radius 2 is 1.82 bits per heavy atom. The molecule has 0 aromatic heterocycles. The molecule has 2 rings (SSSR count). The summed E-state index contributed by atoms with van der Waals surface area (Å²) in [6.45, 7) is 0.0525. The van der Waals surface area contributed by atoms with E-state index >= 15 is 0 Å². The van der Waals surface area contributed by atoms with E-state index in [0.29, 0.717) is 27.6 Å². The summed E-state index contributed by atoms with van der Waals surface area (Å²) in [5.74, 6) is 0.735. The van der Waals surface area contributed by atoms with Crippen LogP contribution in [-0.2, 0) is 11.3 Å². The molecule has 0 fully saturated rings. The first-order chi connectivity index (χ1) is 10.6. The molecule has 0 heterocycles. The maximum atomic E-state index is 12.1. The van der Waals surface area contributed by atoms with Crippen LogP contribution in [0.2, 0.25) is 5.02 Å². The van der Waals surface area contributed by atoms with Crippen LogP contribution in [0.1, 0.15) is 15.9 Å². The summed E-state index contributed by atoms with van der Waals surface area (Å²) in [4.78, 5) is 12.1. The minimum atomic E-state index is -0.491. The third-order valence-corrected chi connectivity index (χ3v) is 3.96. The molecule has 2 aromatic rings. The van der Waals surface area contributed by atoms with Gasteiger partial charge in [0.1, 0.15) is 18.1 Å². The van der Waals surface area contributed by atoms with Gasteiger partial charge in [0, 0.05) is 5.56 Å². The van der Waals surface area contributed by atoms with E-state index in [-0.39, 0.29) is 6.61 Å². The van der Waals surface area contributed by atoms with Crippen molar-refractivity contribution in [1.29, 1.82) is 0 Å². The molecule has 4 nitrogen and oxygen atoms in total. The van der Waals surface area contributed by atoms with Crippen molar-refractivity contribution in [3.8, 4) is 11.5 Å². The highest BCUT2D eigenvalue weighted by Gasteiger charge is 2.14. The molecular weight excluding hydrogens is 372 g/mol. The van der Waals surface area contributed by atoms with Crippen LogP contribution in [0.4, 0.5) is 0 Å². The maximum Gasteiger partial charge on any atom is 0.339 e. The Bertz CT molecular complexity index is 688. The summed E-state index contributed by atoms with van der Waals surface area (Å²) in [6, 6.07) is 10.2. The van der Waals surface area contributed by atoms with Crippen LogP contribution in [0.5, 0.6) is 11.5 Å². The number of hydrogen-bond acceptors (Lipinski definition) is 4. The number of esters is 1. The van der Waals surface area contributed by atoms with Gasteiger partial charge in [0.2, 0.25) is 0 Å². The van der Waals surface area contributed by atoms with Crippen LogP contribution in [0.15, 0.2) is 40.9 Å². The first-order valence-corrected chi connectivity index (χ1v) is 7.56. The van der Waals surface area contributed by atoms with Gasteiger partial charge in [0.15, 0.2) is 0 Å². The SMILES string of the molecule is COc1cc(COC(=O)c2ccccc2Cl)c(OC)cc1Br. The molecule has 0 amide bonds. The van der Waals surface area contributed by atoms with Gasteiger partial charge in [-0.25, -0.2) is 4.79 Å². The minimum absolute atomic E-state index is 0.0525. The smallest absolute Gasteiger partial charge is 0.339 e. The number of hydrogen-bond donors (Lipinski definition) is 0. The Morgan fingerprint density at radius 1 is 1.14 bits per heavy atom. The van der Waals surface area contributed by atoms with Crippen molar-refractivity contribution in [2.75, 3.05) is 14.2 Å². The van der Waals surface area contributed by atoms with Crippen molar-refractivity contribution in [2.45, 2.75) is 6.61 Å². The minimum Gasteiger partial charge on any atom is -0.496 e. The van der Waals surface area contributed by atoms with Gasteiger partial charge in [-0.05, 0) is 40.2 Å². The third kappa shape index (κ3) is 3.72. The van der Waals surface area contributed by atoms with E-state index in [1.54, 1.807) is 50.6 Å². The monoisotopic (exact) mass is 384 g/mol. The molecule has 6 heteroatoms. The highest BCUT2D eigenvalue weighted by molar-refractivity contribution is 9.10. The molecule has 0 radical (unpaired) electrons. The lowest BCUT2D eigenvalue weighted by atomic mass is 10.2. The second kappa shape index (κ2) is 7.51. The summed E-state index contributed by atoms with van der Waals surface area (Å²) < 4.78 is 16.6. The molecule has 0 N–H and O–H groups in total. The highest BCUT2D eigenvalue weighted by atomic mass is 79.9. The fourth-order valence-electron chi connectivity index (χ4n) is 1.88. The van der Waals surface area contributed by atoms with Gasteiger partial charge in [-0.15, -0.1) is 0 Å². The van der Waals surface area contributed by atoms with Gasteiger partial charge in [-0.1, -0.05) is 23.7 Å². The molecular formula is C16H14BrClO4. The summed E-state index contributed by atoms with van der Waals surface area (Å²) in [7, 11) is 3.11. The number of benzene rings is 2. The molecule has 2 aromatic carbocycles. The third-order valence-electron chi connectivity index (χ3n) is 3.01. The maximum absolute atomic E-state index is 12.1. The number of halogens is 2. The summed E-state index contributed by atoms with van der Waals surface area (Å²) in [5.41, 5.74) is 1.02. The standard InChI is InChI=1S/C16H14BrClO4/c1-20-14-8-12(17)15(21-2)7-10(14)9-22-16(19)11-5-3-4-6-13(11)18/h3-8H,9H2,1-2H3. The Labute approximate surface area is 142 Å². The van der Waals surface area contributed by atoms with Crippen LogP contribution >= 0.6 is 27.5 Å². The topological polar surface area (TPSA) is 44.8 Å². The predicted molar refractivity (Wildman–Crippen MR) is 87.8 cm³/mol. The zero-order valence-corrected chi connectivity index (χ0v) is 14.4. The largest absolute Gasteiger partial charge is 0.496 e. The molecule has 0 aliphatic rings.